The van der Waals surface area contributed by atoms with Crippen LogP contribution in [0.3, 0.4) is 0 Å². The quantitative estimate of drug-likeness (QED) is 0.749. The number of hydrogen-bond donors (Lipinski definition) is 3. The van der Waals surface area contributed by atoms with Crippen molar-refractivity contribution < 1.29 is 19.8 Å². The Morgan fingerprint density at radius 2 is 1.52 bits per heavy atom. The summed E-state index contributed by atoms with van der Waals surface area (Å²) in [5.74, 6) is -2.02. The van der Waals surface area contributed by atoms with Gasteiger partial charge in [0.05, 0.1) is 0 Å². The van der Waals surface area contributed by atoms with Gasteiger partial charge >= 0.3 is 11.9 Å². The Labute approximate surface area is 146 Å². The van der Waals surface area contributed by atoms with Crippen LogP contribution in [0.15, 0.2) is 66.7 Å². The van der Waals surface area contributed by atoms with Gasteiger partial charge in [-0.05, 0) is 29.7 Å². The molecule has 1 atom stereocenters. The van der Waals surface area contributed by atoms with Crippen molar-refractivity contribution in [3.05, 3.63) is 83.4 Å². The molecule has 1 heterocycles. The summed E-state index contributed by atoms with van der Waals surface area (Å²) >= 11 is 0. The zero-order valence-corrected chi connectivity index (χ0v) is 13.8. The van der Waals surface area contributed by atoms with Crippen LogP contribution in [0.25, 0.3) is 0 Å². The van der Waals surface area contributed by atoms with Crippen LogP contribution in [-0.4, -0.2) is 35.2 Å². The van der Waals surface area contributed by atoms with Crippen molar-refractivity contribution in [3.63, 3.8) is 0 Å². The molecule has 1 aliphatic rings. The van der Waals surface area contributed by atoms with Crippen molar-refractivity contribution in [1.82, 2.24) is 5.32 Å². The Kier molecular flexibility index (Phi) is 6.92. The second-order valence-corrected chi connectivity index (χ2v) is 5.63. The summed E-state index contributed by atoms with van der Waals surface area (Å²) in [7, 11) is 0. The van der Waals surface area contributed by atoms with Gasteiger partial charge in [0.15, 0.2) is 0 Å². The molecule has 130 valence electrons. The first-order valence-corrected chi connectivity index (χ1v) is 8.05. The van der Waals surface area contributed by atoms with E-state index < -0.39 is 11.9 Å². The smallest absolute Gasteiger partial charge is 0.328 e. The molecule has 1 unspecified atom stereocenters. The van der Waals surface area contributed by atoms with Crippen LogP contribution in [0.2, 0.25) is 0 Å². The second-order valence-electron chi connectivity index (χ2n) is 5.63. The molecule has 0 spiro atoms. The third-order valence-electron chi connectivity index (χ3n) is 3.92. The molecule has 0 radical (unpaired) electrons. The molecule has 2 aromatic rings. The Bertz CT molecular complexity index is 724. The van der Waals surface area contributed by atoms with E-state index in [0.29, 0.717) is 18.1 Å². The maximum Gasteiger partial charge on any atom is 0.328 e. The maximum absolute atomic E-state index is 9.55. The van der Waals surface area contributed by atoms with E-state index in [2.05, 4.69) is 59.9 Å². The van der Waals surface area contributed by atoms with Gasteiger partial charge in [0.2, 0.25) is 0 Å². The van der Waals surface area contributed by atoms with Crippen molar-refractivity contribution in [2.45, 2.75) is 12.3 Å². The summed E-state index contributed by atoms with van der Waals surface area (Å²) in [5.41, 5.74) is 4.39. The van der Waals surface area contributed by atoms with Crippen molar-refractivity contribution >= 4 is 11.9 Å². The lowest BCUT2D eigenvalue weighted by molar-refractivity contribution is -0.134. The molecule has 0 saturated heterocycles. The van der Waals surface area contributed by atoms with Crippen molar-refractivity contribution in [1.29, 1.82) is 0 Å². The largest absolute Gasteiger partial charge is 0.478 e. The lowest BCUT2D eigenvalue weighted by Gasteiger charge is -2.17. The molecule has 0 fully saturated rings. The minimum absolute atomic E-state index is 0.495. The fourth-order valence-corrected chi connectivity index (χ4v) is 2.81. The van der Waals surface area contributed by atoms with Crippen molar-refractivity contribution in [2.75, 3.05) is 13.1 Å². The van der Waals surface area contributed by atoms with Gasteiger partial charge < -0.3 is 15.5 Å². The number of nitrogens with one attached hydrogen (secondary N) is 1. The average Bonchev–Trinajstić information content (AvgIpc) is 2.84. The van der Waals surface area contributed by atoms with Gasteiger partial charge in [0.1, 0.15) is 0 Å². The monoisotopic (exact) mass is 339 g/mol. The van der Waals surface area contributed by atoms with Crippen LogP contribution in [-0.2, 0) is 16.0 Å². The summed E-state index contributed by atoms with van der Waals surface area (Å²) in [6, 6.07) is 19.6. The fraction of sp³-hybridized carbons (Fsp3) is 0.200. The number of carbonyl (C=O) groups is 2. The normalized spacial score (nSPS) is 16.2. The Morgan fingerprint density at radius 1 is 0.920 bits per heavy atom. The zero-order chi connectivity index (χ0) is 18.1. The average molecular weight is 339 g/mol. The minimum Gasteiger partial charge on any atom is -0.478 e. The molecule has 3 rings (SSSR count). The van der Waals surface area contributed by atoms with Gasteiger partial charge in [-0.3, -0.25) is 0 Å². The van der Waals surface area contributed by atoms with Crippen LogP contribution in [0.1, 0.15) is 22.6 Å². The Hall–Kier alpha value is -2.92. The standard InChI is InChI=1S/C16H17N.C4H4O4/c1-2-6-13(7-3-1)16-12-17-11-10-14-8-4-5-9-15(14)16;5-3(6)1-2-4(7)8/h1-9,16-17H,10-12H2;1-2H,(H,5,6)(H,7,8)/b;2-1-. The van der Waals surface area contributed by atoms with E-state index in [1.54, 1.807) is 0 Å². The number of hydrogen-bond acceptors (Lipinski definition) is 3. The number of aliphatic carboxylic acids is 2. The lowest BCUT2D eigenvalue weighted by atomic mass is 9.88. The molecular weight excluding hydrogens is 318 g/mol. The van der Waals surface area contributed by atoms with E-state index in [1.165, 1.54) is 16.7 Å². The second kappa shape index (κ2) is 9.39. The fourth-order valence-electron chi connectivity index (χ4n) is 2.81. The maximum atomic E-state index is 9.55. The first-order valence-electron chi connectivity index (χ1n) is 8.05. The molecule has 0 aliphatic carbocycles. The minimum atomic E-state index is -1.26. The molecule has 0 aromatic heterocycles. The number of rotatable bonds is 3. The number of fused-ring (bicyclic) bond motifs is 1. The van der Waals surface area contributed by atoms with Gasteiger partial charge in [0.25, 0.3) is 0 Å². The summed E-state index contributed by atoms with van der Waals surface area (Å²) in [6.07, 6.45) is 2.25. The van der Waals surface area contributed by atoms with Crippen LogP contribution >= 0.6 is 0 Å². The van der Waals surface area contributed by atoms with E-state index in [4.69, 9.17) is 10.2 Å². The van der Waals surface area contributed by atoms with E-state index >= 15 is 0 Å². The third-order valence-corrected chi connectivity index (χ3v) is 3.92. The van der Waals surface area contributed by atoms with Gasteiger partial charge in [0, 0.05) is 24.6 Å². The highest BCUT2D eigenvalue weighted by molar-refractivity contribution is 5.89. The summed E-state index contributed by atoms with van der Waals surface area (Å²) in [4.78, 5) is 19.1. The molecule has 1 aliphatic heterocycles. The number of carboxylic acids is 2. The third kappa shape index (κ3) is 5.90. The molecule has 5 heteroatoms. The van der Waals surface area contributed by atoms with Crippen LogP contribution in [0, 0.1) is 0 Å². The molecule has 0 bridgehead atoms. The summed E-state index contributed by atoms with van der Waals surface area (Å²) in [6.45, 7) is 2.13. The summed E-state index contributed by atoms with van der Waals surface area (Å²) < 4.78 is 0. The van der Waals surface area contributed by atoms with Crippen LogP contribution in [0.4, 0.5) is 0 Å². The Morgan fingerprint density at radius 3 is 2.16 bits per heavy atom. The van der Waals surface area contributed by atoms with E-state index in [0.717, 1.165) is 19.5 Å². The first kappa shape index (κ1) is 18.4. The predicted molar refractivity (Wildman–Crippen MR) is 95.7 cm³/mol. The van der Waals surface area contributed by atoms with Crippen molar-refractivity contribution in [2.24, 2.45) is 0 Å². The highest BCUT2D eigenvalue weighted by Crippen LogP contribution is 2.28. The van der Waals surface area contributed by atoms with Gasteiger partial charge in [-0.15, -0.1) is 0 Å². The summed E-state index contributed by atoms with van der Waals surface area (Å²) in [5, 5.41) is 19.2. The molecular formula is C20H21NO4. The van der Waals surface area contributed by atoms with Crippen LogP contribution < -0.4 is 5.32 Å². The molecule has 25 heavy (non-hydrogen) atoms. The van der Waals surface area contributed by atoms with Crippen molar-refractivity contribution in [3.8, 4) is 0 Å². The lowest BCUT2D eigenvalue weighted by Crippen LogP contribution is -2.20. The van der Waals surface area contributed by atoms with E-state index in [-0.39, 0.29) is 0 Å². The molecule has 2 aromatic carbocycles. The van der Waals surface area contributed by atoms with Crippen LogP contribution in [0.5, 0.6) is 0 Å². The van der Waals surface area contributed by atoms with E-state index in [1.807, 2.05) is 0 Å². The number of carboxylic acid groups (broad SMARTS) is 2. The van der Waals surface area contributed by atoms with Gasteiger partial charge in [-0.2, -0.15) is 0 Å². The highest BCUT2D eigenvalue weighted by Gasteiger charge is 2.19. The molecule has 5 nitrogen and oxygen atoms in total. The highest BCUT2D eigenvalue weighted by atomic mass is 16.4. The Balaban J connectivity index is 0.000000242. The van der Waals surface area contributed by atoms with Gasteiger partial charge in [-0.25, -0.2) is 9.59 Å². The first-order chi connectivity index (χ1) is 12.1. The SMILES string of the molecule is O=C(O)/C=C\C(=O)O.c1ccc(C2CNCCc3ccccc32)cc1. The topological polar surface area (TPSA) is 86.6 Å². The predicted octanol–water partition coefficient (Wildman–Crippen LogP) is 2.68. The van der Waals surface area contributed by atoms with Gasteiger partial charge in [-0.1, -0.05) is 54.6 Å². The molecule has 0 amide bonds. The molecule has 3 N–H and O–H groups in total. The molecule has 0 saturated carbocycles. The number of benzene rings is 2. The zero-order valence-electron chi connectivity index (χ0n) is 13.8. The van der Waals surface area contributed by atoms with E-state index in [9.17, 15) is 9.59 Å².